The van der Waals surface area contributed by atoms with Gasteiger partial charge in [-0.1, -0.05) is 30.3 Å². The van der Waals surface area contributed by atoms with E-state index in [0.29, 0.717) is 16.8 Å². The molecule has 2 aromatic rings. The summed E-state index contributed by atoms with van der Waals surface area (Å²) >= 11 is 0. The van der Waals surface area contributed by atoms with E-state index in [0.717, 1.165) is 5.56 Å². The van der Waals surface area contributed by atoms with Crippen LogP contribution in [-0.2, 0) is 30.4 Å². The number of hydrogen-bond donors (Lipinski definition) is 1. The summed E-state index contributed by atoms with van der Waals surface area (Å²) in [6.45, 7) is 5.63. The van der Waals surface area contributed by atoms with E-state index in [1.807, 2.05) is 30.3 Å². The number of ether oxygens (including phenoxy) is 3. The first-order valence-corrected chi connectivity index (χ1v) is 11.4. The van der Waals surface area contributed by atoms with Crippen molar-refractivity contribution in [1.29, 1.82) is 0 Å². The normalized spacial score (nSPS) is 11.2. The summed E-state index contributed by atoms with van der Waals surface area (Å²) in [5.41, 5.74) is 2.40. The number of amides is 2. The molecular formula is C26H32N2O7. The van der Waals surface area contributed by atoms with Gasteiger partial charge in [-0.3, -0.25) is 14.5 Å². The highest BCUT2D eigenvalue weighted by atomic mass is 16.6. The Labute approximate surface area is 205 Å². The van der Waals surface area contributed by atoms with Gasteiger partial charge in [-0.05, 0) is 56.5 Å². The highest BCUT2D eigenvalue weighted by Gasteiger charge is 2.24. The Hall–Kier alpha value is -3.88. The van der Waals surface area contributed by atoms with Crippen LogP contribution in [0.25, 0.3) is 0 Å². The summed E-state index contributed by atoms with van der Waals surface area (Å²) in [6.07, 6.45) is -0.516. The monoisotopic (exact) mass is 484 g/mol. The smallest absolute Gasteiger partial charge is 0.414 e. The minimum absolute atomic E-state index is 0.0363. The van der Waals surface area contributed by atoms with Crippen molar-refractivity contribution < 1.29 is 33.4 Å². The first-order chi connectivity index (χ1) is 16.8. The second kappa shape index (κ2) is 13.7. The number of esters is 2. The number of benzene rings is 2. The Morgan fingerprint density at radius 1 is 0.943 bits per heavy atom. The SMILES string of the molecule is CCOC(=O)CCC(NC(=O)c1ccc(N(C)C(=O)OCc2ccccc2)c(C)c1)C(=O)OCC. The molecule has 9 nitrogen and oxygen atoms in total. The lowest BCUT2D eigenvalue weighted by Crippen LogP contribution is -2.42. The van der Waals surface area contributed by atoms with E-state index in [1.54, 1.807) is 46.0 Å². The molecule has 0 aliphatic heterocycles. The van der Waals surface area contributed by atoms with Crippen molar-refractivity contribution in [3.05, 3.63) is 65.2 Å². The Balaban J connectivity index is 2.05. The van der Waals surface area contributed by atoms with Crippen molar-refractivity contribution in [2.45, 2.75) is 46.3 Å². The van der Waals surface area contributed by atoms with Gasteiger partial charge in [0.25, 0.3) is 5.91 Å². The molecule has 0 heterocycles. The first-order valence-electron chi connectivity index (χ1n) is 11.4. The van der Waals surface area contributed by atoms with Gasteiger partial charge in [-0.15, -0.1) is 0 Å². The molecule has 0 aromatic heterocycles. The quantitative estimate of drug-likeness (QED) is 0.382. The van der Waals surface area contributed by atoms with Crippen LogP contribution in [0.1, 0.15) is 48.2 Å². The van der Waals surface area contributed by atoms with Gasteiger partial charge in [0.2, 0.25) is 0 Å². The van der Waals surface area contributed by atoms with Crippen molar-refractivity contribution >= 4 is 29.6 Å². The van der Waals surface area contributed by atoms with E-state index in [-0.39, 0.29) is 32.7 Å². The number of anilines is 1. The first kappa shape index (κ1) is 27.4. The van der Waals surface area contributed by atoms with E-state index >= 15 is 0 Å². The molecule has 1 N–H and O–H groups in total. The molecule has 2 rings (SSSR count). The number of rotatable bonds is 11. The van der Waals surface area contributed by atoms with Crippen LogP contribution in [0.5, 0.6) is 0 Å². The second-order valence-corrected chi connectivity index (χ2v) is 7.72. The van der Waals surface area contributed by atoms with Crippen molar-refractivity contribution in [3.8, 4) is 0 Å². The summed E-state index contributed by atoms with van der Waals surface area (Å²) in [6, 6.07) is 13.1. The molecule has 0 saturated carbocycles. The van der Waals surface area contributed by atoms with Gasteiger partial charge in [0.05, 0.1) is 13.2 Å². The summed E-state index contributed by atoms with van der Waals surface area (Å²) in [5.74, 6) is -1.59. The maximum atomic E-state index is 12.8. The Morgan fingerprint density at radius 2 is 1.63 bits per heavy atom. The second-order valence-electron chi connectivity index (χ2n) is 7.72. The van der Waals surface area contributed by atoms with Gasteiger partial charge < -0.3 is 19.5 Å². The predicted octanol–water partition coefficient (Wildman–Crippen LogP) is 3.77. The lowest BCUT2D eigenvalue weighted by molar-refractivity contribution is -0.146. The minimum atomic E-state index is -0.998. The Morgan fingerprint density at radius 3 is 2.26 bits per heavy atom. The van der Waals surface area contributed by atoms with Gasteiger partial charge in [-0.25, -0.2) is 9.59 Å². The molecule has 1 atom stereocenters. The number of carbonyl (C=O) groups is 4. The van der Waals surface area contributed by atoms with Crippen LogP contribution in [-0.4, -0.2) is 50.2 Å². The van der Waals surface area contributed by atoms with E-state index in [9.17, 15) is 19.2 Å². The molecule has 0 fully saturated rings. The summed E-state index contributed by atoms with van der Waals surface area (Å²) in [7, 11) is 1.58. The fourth-order valence-electron chi connectivity index (χ4n) is 3.32. The van der Waals surface area contributed by atoms with Crippen molar-refractivity contribution in [1.82, 2.24) is 5.32 Å². The van der Waals surface area contributed by atoms with Gasteiger partial charge in [0, 0.05) is 24.7 Å². The molecular weight excluding hydrogens is 452 g/mol. The van der Waals surface area contributed by atoms with Crippen LogP contribution >= 0.6 is 0 Å². The molecule has 9 heteroatoms. The van der Waals surface area contributed by atoms with Crippen LogP contribution in [0, 0.1) is 6.92 Å². The van der Waals surface area contributed by atoms with Gasteiger partial charge in [0.15, 0.2) is 0 Å². The molecule has 1 unspecified atom stereocenters. The molecule has 0 aliphatic rings. The van der Waals surface area contributed by atoms with Gasteiger partial charge >= 0.3 is 18.0 Å². The van der Waals surface area contributed by atoms with Gasteiger partial charge in [-0.2, -0.15) is 0 Å². The summed E-state index contributed by atoms with van der Waals surface area (Å²) < 4.78 is 15.3. The van der Waals surface area contributed by atoms with Crippen LogP contribution in [0.2, 0.25) is 0 Å². The third-order valence-corrected chi connectivity index (χ3v) is 5.12. The van der Waals surface area contributed by atoms with E-state index < -0.39 is 30.0 Å². The zero-order chi connectivity index (χ0) is 25.8. The largest absolute Gasteiger partial charge is 0.466 e. The lowest BCUT2D eigenvalue weighted by atomic mass is 10.1. The van der Waals surface area contributed by atoms with E-state index in [1.165, 1.54) is 4.90 Å². The molecule has 2 aromatic carbocycles. The molecule has 188 valence electrons. The average molecular weight is 485 g/mol. The fraction of sp³-hybridized carbons (Fsp3) is 0.385. The zero-order valence-electron chi connectivity index (χ0n) is 20.5. The van der Waals surface area contributed by atoms with Crippen LogP contribution in [0.4, 0.5) is 10.5 Å². The van der Waals surface area contributed by atoms with Crippen LogP contribution in [0.15, 0.2) is 48.5 Å². The third-order valence-electron chi connectivity index (χ3n) is 5.12. The van der Waals surface area contributed by atoms with Crippen LogP contribution in [0.3, 0.4) is 0 Å². The number of nitrogens with one attached hydrogen (secondary N) is 1. The number of aryl methyl sites for hydroxylation is 1. The van der Waals surface area contributed by atoms with E-state index in [4.69, 9.17) is 14.2 Å². The number of hydrogen-bond acceptors (Lipinski definition) is 7. The zero-order valence-corrected chi connectivity index (χ0v) is 20.5. The summed E-state index contributed by atoms with van der Waals surface area (Å²) in [4.78, 5) is 50.6. The number of carbonyl (C=O) groups excluding carboxylic acids is 4. The fourth-order valence-corrected chi connectivity index (χ4v) is 3.32. The standard InChI is InChI=1S/C26H32N2O7/c1-5-33-23(29)15-13-21(25(31)34-6-2)27-24(30)20-12-14-22(18(3)16-20)28(4)26(32)35-17-19-10-8-7-9-11-19/h7-12,14,16,21H,5-6,13,15,17H2,1-4H3,(H,27,30). The molecule has 0 spiro atoms. The molecule has 35 heavy (non-hydrogen) atoms. The molecule has 0 bridgehead atoms. The van der Waals surface area contributed by atoms with Gasteiger partial charge in [0.1, 0.15) is 12.6 Å². The molecule has 0 saturated heterocycles. The predicted molar refractivity (Wildman–Crippen MR) is 130 cm³/mol. The van der Waals surface area contributed by atoms with Crippen molar-refractivity contribution in [2.75, 3.05) is 25.2 Å². The molecule has 0 radical (unpaired) electrons. The van der Waals surface area contributed by atoms with Crippen molar-refractivity contribution in [3.63, 3.8) is 0 Å². The molecule has 0 aliphatic carbocycles. The topological polar surface area (TPSA) is 111 Å². The average Bonchev–Trinajstić information content (AvgIpc) is 2.85. The lowest BCUT2D eigenvalue weighted by Gasteiger charge is -2.20. The highest BCUT2D eigenvalue weighted by Crippen LogP contribution is 2.21. The Bertz CT molecular complexity index is 1020. The minimum Gasteiger partial charge on any atom is -0.466 e. The van der Waals surface area contributed by atoms with E-state index in [2.05, 4.69) is 5.32 Å². The highest BCUT2D eigenvalue weighted by molar-refractivity contribution is 5.98. The Kier molecular flexibility index (Phi) is 10.7. The maximum absolute atomic E-state index is 12.8. The van der Waals surface area contributed by atoms with Crippen molar-refractivity contribution in [2.24, 2.45) is 0 Å². The van der Waals surface area contributed by atoms with Crippen LogP contribution < -0.4 is 10.2 Å². The number of nitrogens with zero attached hydrogens (tertiary/aromatic N) is 1. The molecule has 2 amide bonds. The third kappa shape index (κ3) is 8.44. The maximum Gasteiger partial charge on any atom is 0.414 e. The summed E-state index contributed by atoms with van der Waals surface area (Å²) in [5, 5.41) is 2.63.